The molecule has 1 N–H and O–H groups in total. The summed E-state index contributed by atoms with van der Waals surface area (Å²) in [4.78, 5) is 25.8. The lowest BCUT2D eigenvalue weighted by molar-refractivity contribution is -0.120. The lowest BCUT2D eigenvalue weighted by Gasteiger charge is -2.21. The SMILES string of the molecule is CC(=O)N(CC(=O)Nc1cccc(Cl)c1C)c1ccc(OC(C)C)cc1. The standard InChI is InChI=1S/C20H23ClN2O3/c1-13(2)26-17-10-8-16(9-11-17)23(15(4)24)12-20(25)22-19-7-5-6-18(21)14(19)3/h5-11,13H,12H2,1-4H3,(H,22,25). The molecule has 2 aromatic rings. The van der Waals surface area contributed by atoms with Crippen molar-refractivity contribution in [3.8, 4) is 5.75 Å². The van der Waals surface area contributed by atoms with E-state index in [4.69, 9.17) is 16.3 Å². The van der Waals surface area contributed by atoms with Gasteiger partial charge in [0, 0.05) is 23.3 Å². The maximum atomic E-state index is 12.4. The molecule has 0 aromatic heterocycles. The predicted octanol–water partition coefficient (Wildman–Crippen LogP) is 4.43. The Morgan fingerprint density at radius 1 is 1.15 bits per heavy atom. The smallest absolute Gasteiger partial charge is 0.244 e. The van der Waals surface area contributed by atoms with Crippen LogP contribution in [0.15, 0.2) is 42.5 Å². The zero-order valence-corrected chi connectivity index (χ0v) is 16.1. The molecule has 2 rings (SSSR count). The van der Waals surface area contributed by atoms with Crippen LogP contribution < -0.4 is 15.0 Å². The molecule has 138 valence electrons. The van der Waals surface area contributed by atoms with E-state index in [9.17, 15) is 9.59 Å². The number of carbonyl (C=O) groups is 2. The molecule has 0 saturated carbocycles. The number of hydrogen-bond acceptors (Lipinski definition) is 3. The molecule has 0 aliphatic rings. The van der Waals surface area contributed by atoms with E-state index in [1.54, 1.807) is 42.5 Å². The summed E-state index contributed by atoms with van der Waals surface area (Å²) in [7, 11) is 0. The van der Waals surface area contributed by atoms with Crippen LogP contribution >= 0.6 is 11.6 Å². The molecule has 5 nitrogen and oxygen atoms in total. The number of hydrogen-bond donors (Lipinski definition) is 1. The van der Waals surface area contributed by atoms with Crippen molar-refractivity contribution in [1.82, 2.24) is 0 Å². The van der Waals surface area contributed by atoms with Crippen LogP contribution in [0.4, 0.5) is 11.4 Å². The molecule has 0 atom stereocenters. The van der Waals surface area contributed by atoms with Crippen molar-refractivity contribution in [2.45, 2.75) is 33.8 Å². The predicted molar refractivity (Wildman–Crippen MR) is 105 cm³/mol. The first-order valence-corrected chi connectivity index (χ1v) is 8.75. The molecule has 0 heterocycles. The fourth-order valence-electron chi connectivity index (χ4n) is 2.44. The number of anilines is 2. The zero-order valence-electron chi connectivity index (χ0n) is 15.4. The van der Waals surface area contributed by atoms with Gasteiger partial charge in [-0.3, -0.25) is 9.59 Å². The van der Waals surface area contributed by atoms with E-state index in [1.165, 1.54) is 11.8 Å². The van der Waals surface area contributed by atoms with Crippen LogP contribution in [0.3, 0.4) is 0 Å². The maximum absolute atomic E-state index is 12.4. The average Bonchev–Trinajstić information content (AvgIpc) is 2.57. The minimum atomic E-state index is -0.298. The van der Waals surface area contributed by atoms with Crippen molar-refractivity contribution in [1.29, 1.82) is 0 Å². The molecular weight excluding hydrogens is 352 g/mol. The van der Waals surface area contributed by atoms with E-state index in [0.29, 0.717) is 22.1 Å². The van der Waals surface area contributed by atoms with Gasteiger partial charge in [-0.05, 0) is 62.7 Å². The second kappa shape index (κ2) is 8.72. The van der Waals surface area contributed by atoms with Crippen molar-refractivity contribution in [3.05, 3.63) is 53.1 Å². The number of nitrogens with zero attached hydrogens (tertiary/aromatic N) is 1. The van der Waals surface area contributed by atoms with Crippen LogP contribution in [0.2, 0.25) is 5.02 Å². The molecule has 0 spiro atoms. The highest BCUT2D eigenvalue weighted by molar-refractivity contribution is 6.31. The number of carbonyl (C=O) groups excluding carboxylic acids is 2. The van der Waals surface area contributed by atoms with E-state index in [1.807, 2.05) is 20.8 Å². The quantitative estimate of drug-likeness (QED) is 0.813. The summed E-state index contributed by atoms with van der Waals surface area (Å²) in [6, 6.07) is 12.4. The van der Waals surface area contributed by atoms with Crippen molar-refractivity contribution in [2.24, 2.45) is 0 Å². The van der Waals surface area contributed by atoms with Gasteiger partial charge in [0.05, 0.1) is 6.10 Å². The molecule has 2 amide bonds. The van der Waals surface area contributed by atoms with Gasteiger partial charge in [0.15, 0.2) is 0 Å². The first-order valence-electron chi connectivity index (χ1n) is 8.37. The molecule has 26 heavy (non-hydrogen) atoms. The van der Waals surface area contributed by atoms with Gasteiger partial charge < -0.3 is 15.0 Å². The van der Waals surface area contributed by atoms with Gasteiger partial charge in [0.2, 0.25) is 11.8 Å². The van der Waals surface area contributed by atoms with Gasteiger partial charge in [-0.1, -0.05) is 17.7 Å². The fourth-order valence-corrected chi connectivity index (χ4v) is 2.61. The summed E-state index contributed by atoms with van der Waals surface area (Å²) in [5, 5.41) is 3.38. The number of nitrogens with one attached hydrogen (secondary N) is 1. The van der Waals surface area contributed by atoms with E-state index in [0.717, 1.165) is 5.56 Å². The third-order valence-electron chi connectivity index (χ3n) is 3.74. The van der Waals surface area contributed by atoms with Crippen LogP contribution in [0.5, 0.6) is 5.75 Å². The molecule has 0 aliphatic carbocycles. The second-order valence-corrected chi connectivity index (χ2v) is 6.63. The van der Waals surface area contributed by atoms with Crippen molar-refractivity contribution in [2.75, 3.05) is 16.8 Å². The fraction of sp³-hybridized carbons (Fsp3) is 0.300. The Labute approximate surface area is 158 Å². The number of benzene rings is 2. The van der Waals surface area contributed by atoms with Crippen LogP contribution in [0.25, 0.3) is 0 Å². The van der Waals surface area contributed by atoms with Crippen LogP contribution in [-0.4, -0.2) is 24.5 Å². The Morgan fingerprint density at radius 3 is 2.38 bits per heavy atom. The highest BCUT2D eigenvalue weighted by Crippen LogP contribution is 2.24. The molecule has 6 heteroatoms. The zero-order chi connectivity index (χ0) is 19.3. The highest BCUT2D eigenvalue weighted by Gasteiger charge is 2.17. The molecule has 0 unspecified atom stereocenters. The minimum absolute atomic E-state index is 0.0662. The lowest BCUT2D eigenvalue weighted by Crippen LogP contribution is -2.36. The topological polar surface area (TPSA) is 58.6 Å². The monoisotopic (exact) mass is 374 g/mol. The highest BCUT2D eigenvalue weighted by atomic mass is 35.5. The largest absolute Gasteiger partial charge is 0.491 e. The molecule has 0 aliphatic heterocycles. The van der Waals surface area contributed by atoms with Crippen molar-refractivity contribution in [3.63, 3.8) is 0 Å². The molecule has 0 bridgehead atoms. The number of rotatable bonds is 6. The van der Waals surface area contributed by atoms with E-state index in [-0.39, 0.29) is 24.5 Å². The average molecular weight is 375 g/mol. The van der Waals surface area contributed by atoms with Gasteiger partial charge >= 0.3 is 0 Å². The summed E-state index contributed by atoms with van der Waals surface area (Å²) in [6.45, 7) is 7.05. The van der Waals surface area contributed by atoms with E-state index >= 15 is 0 Å². The Kier molecular flexibility index (Phi) is 6.64. The lowest BCUT2D eigenvalue weighted by atomic mass is 10.2. The third kappa shape index (κ3) is 5.23. The Bertz CT molecular complexity index is 788. The molecule has 0 fully saturated rings. The third-order valence-corrected chi connectivity index (χ3v) is 4.15. The van der Waals surface area contributed by atoms with E-state index < -0.39 is 0 Å². The maximum Gasteiger partial charge on any atom is 0.244 e. The Balaban J connectivity index is 2.11. The van der Waals surface area contributed by atoms with Gasteiger partial charge in [-0.2, -0.15) is 0 Å². The number of ether oxygens (including phenoxy) is 1. The number of amides is 2. The van der Waals surface area contributed by atoms with Gasteiger partial charge in [-0.15, -0.1) is 0 Å². The summed E-state index contributed by atoms with van der Waals surface area (Å²) in [5.74, 6) is 0.194. The molecule has 0 saturated heterocycles. The van der Waals surface area contributed by atoms with Gasteiger partial charge in [0.1, 0.15) is 12.3 Å². The summed E-state index contributed by atoms with van der Waals surface area (Å²) in [5.41, 5.74) is 2.05. The Morgan fingerprint density at radius 2 is 1.81 bits per heavy atom. The van der Waals surface area contributed by atoms with Crippen molar-refractivity contribution >= 4 is 34.8 Å². The second-order valence-electron chi connectivity index (χ2n) is 6.23. The summed E-state index contributed by atoms with van der Waals surface area (Å²) >= 11 is 6.07. The van der Waals surface area contributed by atoms with Crippen LogP contribution in [-0.2, 0) is 9.59 Å². The first kappa shape index (κ1) is 19.8. The van der Waals surface area contributed by atoms with E-state index in [2.05, 4.69) is 5.32 Å². The van der Waals surface area contributed by atoms with Crippen LogP contribution in [0.1, 0.15) is 26.3 Å². The Hall–Kier alpha value is -2.53. The molecule has 0 radical (unpaired) electrons. The van der Waals surface area contributed by atoms with Gasteiger partial charge in [-0.25, -0.2) is 0 Å². The molecule has 2 aromatic carbocycles. The first-order chi connectivity index (χ1) is 12.3. The minimum Gasteiger partial charge on any atom is -0.491 e. The van der Waals surface area contributed by atoms with Crippen LogP contribution in [0, 0.1) is 6.92 Å². The van der Waals surface area contributed by atoms with Gasteiger partial charge in [0.25, 0.3) is 0 Å². The molecular formula is C20H23ClN2O3. The van der Waals surface area contributed by atoms with Crippen molar-refractivity contribution < 1.29 is 14.3 Å². The normalized spacial score (nSPS) is 10.5. The number of halogens is 1. The summed E-state index contributed by atoms with van der Waals surface area (Å²) in [6.07, 6.45) is 0.0662. The summed E-state index contributed by atoms with van der Waals surface area (Å²) < 4.78 is 5.60.